The van der Waals surface area contributed by atoms with Crippen molar-refractivity contribution in [2.24, 2.45) is 5.73 Å². The number of nitrogens with zero attached hydrogens (tertiary/aromatic N) is 3. The van der Waals surface area contributed by atoms with Crippen molar-refractivity contribution in [3.8, 4) is 0 Å². The van der Waals surface area contributed by atoms with Crippen molar-refractivity contribution in [2.45, 2.75) is 59.0 Å². The molecule has 1 heterocycles. The fourth-order valence-electron chi connectivity index (χ4n) is 3.64. The smallest absolute Gasteiger partial charge is 0.0470 e. The second-order valence-electron chi connectivity index (χ2n) is 6.70. The zero-order chi connectivity index (χ0) is 15.9. The average molecular weight is 299 g/mol. The van der Waals surface area contributed by atoms with Gasteiger partial charge in [-0.2, -0.15) is 0 Å². The number of rotatable bonds is 10. The van der Waals surface area contributed by atoms with Gasteiger partial charge in [0.25, 0.3) is 0 Å². The van der Waals surface area contributed by atoms with Crippen LogP contribution in [0.1, 0.15) is 47.5 Å². The van der Waals surface area contributed by atoms with Gasteiger partial charge in [0.05, 0.1) is 0 Å². The molecule has 1 atom stereocenters. The van der Waals surface area contributed by atoms with E-state index in [1.165, 1.54) is 32.5 Å². The first-order valence-electron chi connectivity index (χ1n) is 8.94. The largest absolute Gasteiger partial charge is 0.329 e. The quantitative estimate of drug-likeness (QED) is 0.668. The Kier molecular flexibility index (Phi) is 8.17. The van der Waals surface area contributed by atoms with Crippen LogP contribution in [0, 0.1) is 0 Å². The zero-order valence-corrected chi connectivity index (χ0v) is 15.1. The van der Waals surface area contributed by atoms with Crippen LogP contribution in [0.25, 0.3) is 0 Å². The zero-order valence-electron chi connectivity index (χ0n) is 15.1. The van der Waals surface area contributed by atoms with Crippen molar-refractivity contribution in [2.75, 3.05) is 52.4 Å². The van der Waals surface area contributed by atoms with Gasteiger partial charge in [0.2, 0.25) is 0 Å². The molecule has 1 unspecified atom stereocenters. The van der Waals surface area contributed by atoms with Gasteiger partial charge < -0.3 is 10.6 Å². The minimum Gasteiger partial charge on any atom is -0.329 e. The second kappa shape index (κ2) is 9.09. The summed E-state index contributed by atoms with van der Waals surface area (Å²) in [5.74, 6) is 0. The summed E-state index contributed by atoms with van der Waals surface area (Å²) >= 11 is 0. The van der Waals surface area contributed by atoms with Crippen molar-refractivity contribution in [1.29, 1.82) is 0 Å². The first kappa shape index (κ1) is 18.9. The molecule has 1 aliphatic heterocycles. The molecule has 0 radical (unpaired) electrons. The lowest BCUT2D eigenvalue weighted by Gasteiger charge is -2.41. The summed E-state index contributed by atoms with van der Waals surface area (Å²) in [6, 6.07) is 0.632. The topological polar surface area (TPSA) is 35.7 Å². The second-order valence-corrected chi connectivity index (χ2v) is 6.70. The molecule has 1 rings (SSSR count). The Morgan fingerprint density at radius 2 is 1.76 bits per heavy atom. The van der Waals surface area contributed by atoms with Crippen LogP contribution in [-0.2, 0) is 0 Å². The molecule has 0 aromatic rings. The highest BCUT2D eigenvalue weighted by molar-refractivity contribution is 5.00. The SMILES string of the molecule is CCN(CC)CCCN(CC)C1(CN)CCN(C(C)C)C1. The van der Waals surface area contributed by atoms with Gasteiger partial charge in [-0.3, -0.25) is 9.80 Å². The lowest BCUT2D eigenvalue weighted by Crippen LogP contribution is -2.56. The summed E-state index contributed by atoms with van der Waals surface area (Å²) in [6.45, 7) is 20.3. The molecule has 0 aromatic heterocycles. The molecule has 126 valence electrons. The van der Waals surface area contributed by atoms with E-state index in [1.54, 1.807) is 0 Å². The third kappa shape index (κ3) is 4.92. The van der Waals surface area contributed by atoms with Crippen molar-refractivity contribution in [1.82, 2.24) is 14.7 Å². The Morgan fingerprint density at radius 3 is 2.19 bits per heavy atom. The monoisotopic (exact) mass is 298 g/mol. The summed E-state index contributed by atoms with van der Waals surface area (Å²) < 4.78 is 0. The van der Waals surface area contributed by atoms with E-state index in [2.05, 4.69) is 49.3 Å². The van der Waals surface area contributed by atoms with Gasteiger partial charge in [0, 0.05) is 31.2 Å². The van der Waals surface area contributed by atoms with Crippen LogP contribution in [0.4, 0.5) is 0 Å². The van der Waals surface area contributed by atoms with Crippen LogP contribution in [0.2, 0.25) is 0 Å². The Labute approximate surface area is 132 Å². The minimum absolute atomic E-state index is 0.211. The third-order valence-electron chi connectivity index (χ3n) is 5.32. The molecular formula is C17H38N4. The average Bonchev–Trinajstić information content (AvgIpc) is 2.93. The molecule has 0 aliphatic carbocycles. The molecule has 1 fully saturated rings. The van der Waals surface area contributed by atoms with Crippen LogP contribution in [0.5, 0.6) is 0 Å². The fourth-order valence-corrected chi connectivity index (χ4v) is 3.64. The number of likely N-dealkylation sites (tertiary alicyclic amines) is 1. The molecule has 4 heteroatoms. The third-order valence-corrected chi connectivity index (χ3v) is 5.32. The molecular weight excluding hydrogens is 260 g/mol. The van der Waals surface area contributed by atoms with E-state index in [0.717, 1.165) is 32.7 Å². The van der Waals surface area contributed by atoms with E-state index < -0.39 is 0 Å². The summed E-state index contributed by atoms with van der Waals surface area (Å²) in [5, 5.41) is 0. The maximum atomic E-state index is 6.21. The number of hydrogen-bond donors (Lipinski definition) is 1. The Balaban J connectivity index is 2.56. The van der Waals surface area contributed by atoms with Gasteiger partial charge in [-0.1, -0.05) is 20.8 Å². The molecule has 2 N–H and O–H groups in total. The van der Waals surface area contributed by atoms with E-state index in [4.69, 9.17) is 5.73 Å². The van der Waals surface area contributed by atoms with Gasteiger partial charge >= 0.3 is 0 Å². The number of hydrogen-bond acceptors (Lipinski definition) is 4. The molecule has 0 bridgehead atoms. The molecule has 0 amide bonds. The summed E-state index contributed by atoms with van der Waals surface area (Å²) in [7, 11) is 0. The molecule has 1 saturated heterocycles. The lowest BCUT2D eigenvalue weighted by atomic mass is 9.95. The van der Waals surface area contributed by atoms with Crippen molar-refractivity contribution < 1.29 is 0 Å². The Hall–Kier alpha value is -0.160. The van der Waals surface area contributed by atoms with Crippen molar-refractivity contribution in [3.05, 3.63) is 0 Å². The van der Waals surface area contributed by atoms with Gasteiger partial charge in [0.15, 0.2) is 0 Å². The first-order chi connectivity index (χ1) is 10.0. The van der Waals surface area contributed by atoms with E-state index in [9.17, 15) is 0 Å². The normalized spacial score (nSPS) is 23.9. The van der Waals surface area contributed by atoms with Crippen LogP contribution in [0.3, 0.4) is 0 Å². The maximum Gasteiger partial charge on any atom is 0.0470 e. The minimum atomic E-state index is 0.211. The van der Waals surface area contributed by atoms with Gasteiger partial charge in [-0.25, -0.2) is 0 Å². The summed E-state index contributed by atoms with van der Waals surface area (Å²) in [6.07, 6.45) is 2.47. The Bertz CT molecular complexity index is 278. The molecule has 0 saturated carbocycles. The summed E-state index contributed by atoms with van der Waals surface area (Å²) in [5.41, 5.74) is 6.42. The molecule has 0 aromatic carbocycles. The van der Waals surface area contributed by atoms with Crippen LogP contribution < -0.4 is 5.73 Å². The number of likely N-dealkylation sites (N-methyl/N-ethyl adjacent to an activating group) is 1. The predicted octanol–water partition coefficient (Wildman–Crippen LogP) is 1.85. The molecule has 21 heavy (non-hydrogen) atoms. The molecule has 0 spiro atoms. The standard InChI is InChI=1S/C17H38N4/c1-6-19(7-2)11-9-12-21(8-3)17(14-18)10-13-20(15-17)16(4)5/h16H,6-15,18H2,1-5H3. The highest BCUT2D eigenvalue weighted by Gasteiger charge is 2.41. The highest BCUT2D eigenvalue weighted by Crippen LogP contribution is 2.28. The van der Waals surface area contributed by atoms with Gasteiger partial charge in [0.1, 0.15) is 0 Å². The van der Waals surface area contributed by atoms with Gasteiger partial charge in [-0.05, 0) is 59.4 Å². The van der Waals surface area contributed by atoms with E-state index in [1.807, 2.05) is 0 Å². The Morgan fingerprint density at radius 1 is 1.10 bits per heavy atom. The van der Waals surface area contributed by atoms with Crippen LogP contribution in [0.15, 0.2) is 0 Å². The van der Waals surface area contributed by atoms with E-state index in [-0.39, 0.29) is 5.54 Å². The fraction of sp³-hybridized carbons (Fsp3) is 1.00. The lowest BCUT2D eigenvalue weighted by molar-refractivity contribution is 0.0941. The maximum absolute atomic E-state index is 6.21. The number of nitrogens with two attached hydrogens (primary N) is 1. The summed E-state index contributed by atoms with van der Waals surface area (Å²) in [4.78, 5) is 7.75. The van der Waals surface area contributed by atoms with Crippen LogP contribution in [-0.4, -0.2) is 78.6 Å². The van der Waals surface area contributed by atoms with Gasteiger partial charge in [-0.15, -0.1) is 0 Å². The molecule has 4 nitrogen and oxygen atoms in total. The van der Waals surface area contributed by atoms with E-state index in [0.29, 0.717) is 6.04 Å². The predicted molar refractivity (Wildman–Crippen MR) is 92.8 cm³/mol. The van der Waals surface area contributed by atoms with E-state index >= 15 is 0 Å². The van der Waals surface area contributed by atoms with Crippen molar-refractivity contribution in [3.63, 3.8) is 0 Å². The van der Waals surface area contributed by atoms with Crippen molar-refractivity contribution >= 4 is 0 Å². The molecule has 1 aliphatic rings. The highest BCUT2D eigenvalue weighted by atomic mass is 15.3. The van der Waals surface area contributed by atoms with Crippen LogP contribution >= 0.6 is 0 Å². The first-order valence-corrected chi connectivity index (χ1v) is 8.94.